The molecule has 4 aromatic rings. The van der Waals surface area contributed by atoms with Crippen LogP contribution in [0, 0.1) is 3.57 Å². The average molecular weight is 640 g/mol. The number of aromatic nitrogens is 1. The van der Waals surface area contributed by atoms with E-state index < -0.39 is 12.0 Å². The highest BCUT2D eigenvalue weighted by atomic mass is 127. The third kappa shape index (κ3) is 4.37. The van der Waals surface area contributed by atoms with Gasteiger partial charge in [-0.2, -0.15) is 0 Å². The van der Waals surface area contributed by atoms with Crippen molar-refractivity contribution in [2.75, 3.05) is 13.4 Å². The number of furan rings is 1. The number of benzene rings is 2. The van der Waals surface area contributed by atoms with Crippen LogP contribution in [-0.2, 0) is 9.53 Å². The van der Waals surface area contributed by atoms with Gasteiger partial charge in [-0.1, -0.05) is 29.5 Å². The van der Waals surface area contributed by atoms with Crippen molar-refractivity contribution in [2.45, 2.75) is 19.9 Å². The molecule has 0 N–H and O–H groups in total. The number of fused-ring (bicyclic) bond motifs is 2. The van der Waals surface area contributed by atoms with Crippen LogP contribution in [0.3, 0.4) is 0 Å². The highest BCUT2D eigenvalue weighted by Crippen LogP contribution is 2.38. The predicted octanol–water partition coefficient (Wildman–Crippen LogP) is 4.39. The van der Waals surface area contributed by atoms with E-state index in [0.29, 0.717) is 49.2 Å². The zero-order valence-electron chi connectivity index (χ0n) is 20.4. The Labute approximate surface area is 234 Å². The second kappa shape index (κ2) is 9.91. The molecular weight excluding hydrogens is 619 g/mol. The van der Waals surface area contributed by atoms with Crippen molar-refractivity contribution in [1.29, 1.82) is 0 Å². The van der Waals surface area contributed by atoms with Gasteiger partial charge in [-0.3, -0.25) is 9.36 Å². The summed E-state index contributed by atoms with van der Waals surface area (Å²) < 4.78 is 25.5. The van der Waals surface area contributed by atoms with Crippen LogP contribution in [-0.4, -0.2) is 23.9 Å². The number of hydrogen-bond donors (Lipinski definition) is 0. The van der Waals surface area contributed by atoms with Crippen molar-refractivity contribution < 1.29 is 23.4 Å². The Morgan fingerprint density at radius 3 is 2.74 bits per heavy atom. The molecule has 38 heavy (non-hydrogen) atoms. The van der Waals surface area contributed by atoms with E-state index in [2.05, 4.69) is 27.6 Å². The molecule has 0 bridgehead atoms. The van der Waals surface area contributed by atoms with Crippen LogP contribution in [0.4, 0.5) is 0 Å². The smallest absolute Gasteiger partial charge is 0.338 e. The second-order valence-electron chi connectivity index (χ2n) is 8.62. The summed E-state index contributed by atoms with van der Waals surface area (Å²) in [6.07, 6.45) is 1.71. The highest BCUT2D eigenvalue weighted by Gasteiger charge is 2.34. The van der Waals surface area contributed by atoms with Gasteiger partial charge in [-0.15, -0.1) is 0 Å². The van der Waals surface area contributed by atoms with Gasteiger partial charge in [-0.05, 0) is 78.4 Å². The number of ether oxygens (including phenoxy) is 3. The molecular formula is C28H21IN2O6S. The van der Waals surface area contributed by atoms with Crippen LogP contribution in [0.25, 0.3) is 17.4 Å². The molecule has 0 fully saturated rings. The Bertz CT molecular complexity index is 1780. The van der Waals surface area contributed by atoms with Crippen LogP contribution in [0.2, 0.25) is 0 Å². The number of halogens is 1. The number of hydrogen-bond acceptors (Lipinski definition) is 8. The van der Waals surface area contributed by atoms with Crippen molar-refractivity contribution in [3.8, 4) is 22.8 Å². The summed E-state index contributed by atoms with van der Waals surface area (Å²) in [5.41, 5.74) is 2.17. The molecule has 2 aliphatic heterocycles. The Morgan fingerprint density at radius 2 is 1.95 bits per heavy atom. The first-order valence-corrected chi connectivity index (χ1v) is 13.8. The summed E-state index contributed by atoms with van der Waals surface area (Å²) in [5.74, 6) is 1.91. The molecule has 192 valence electrons. The molecule has 0 amide bonds. The van der Waals surface area contributed by atoms with Gasteiger partial charge in [0.05, 0.1) is 28.5 Å². The predicted molar refractivity (Wildman–Crippen MR) is 150 cm³/mol. The third-order valence-electron chi connectivity index (χ3n) is 6.26. The fourth-order valence-corrected chi connectivity index (χ4v) is 5.91. The molecule has 6 rings (SSSR count). The molecule has 0 aliphatic carbocycles. The molecule has 0 spiro atoms. The van der Waals surface area contributed by atoms with Gasteiger partial charge in [0.2, 0.25) is 6.79 Å². The number of rotatable bonds is 5. The maximum absolute atomic E-state index is 13.8. The van der Waals surface area contributed by atoms with E-state index in [-0.39, 0.29) is 19.0 Å². The Hall–Kier alpha value is -3.64. The van der Waals surface area contributed by atoms with Crippen molar-refractivity contribution >= 4 is 46.0 Å². The number of carbonyl (C=O) groups is 1. The van der Waals surface area contributed by atoms with Crippen LogP contribution < -0.4 is 24.4 Å². The number of carbonyl (C=O) groups excluding carboxylic acids is 1. The molecule has 2 aliphatic rings. The van der Waals surface area contributed by atoms with E-state index in [1.54, 1.807) is 32.1 Å². The zero-order chi connectivity index (χ0) is 26.4. The lowest BCUT2D eigenvalue weighted by Gasteiger charge is -2.24. The molecule has 0 saturated heterocycles. The summed E-state index contributed by atoms with van der Waals surface area (Å²) in [6.45, 7) is 3.82. The molecule has 0 radical (unpaired) electrons. The van der Waals surface area contributed by atoms with Gasteiger partial charge in [-0.25, -0.2) is 9.79 Å². The molecule has 0 saturated carbocycles. The third-order valence-corrected chi connectivity index (χ3v) is 7.96. The number of nitrogens with zero attached hydrogens (tertiary/aromatic N) is 2. The van der Waals surface area contributed by atoms with E-state index >= 15 is 0 Å². The summed E-state index contributed by atoms with van der Waals surface area (Å²) in [5, 5.41) is 0. The molecule has 1 atom stereocenters. The fraction of sp³-hybridized carbons (Fsp3) is 0.179. The Morgan fingerprint density at radius 1 is 1.16 bits per heavy atom. The van der Waals surface area contributed by atoms with Crippen molar-refractivity contribution in [1.82, 2.24) is 4.57 Å². The number of thiazole rings is 1. The van der Waals surface area contributed by atoms with Gasteiger partial charge < -0.3 is 18.6 Å². The van der Waals surface area contributed by atoms with Gasteiger partial charge in [0.25, 0.3) is 5.56 Å². The molecule has 2 aromatic carbocycles. The first kappa shape index (κ1) is 24.7. The zero-order valence-corrected chi connectivity index (χ0v) is 23.4. The average Bonchev–Trinajstić information content (AvgIpc) is 3.63. The van der Waals surface area contributed by atoms with Crippen LogP contribution >= 0.6 is 33.9 Å². The summed E-state index contributed by atoms with van der Waals surface area (Å²) in [4.78, 5) is 32.0. The second-order valence-corrected chi connectivity index (χ2v) is 10.9. The van der Waals surface area contributed by atoms with E-state index in [4.69, 9.17) is 18.6 Å². The lowest BCUT2D eigenvalue weighted by atomic mass is 9.95. The minimum Gasteiger partial charge on any atom is -0.463 e. The maximum Gasteiger partial charge on any atom is 0.338 e. The number of allylic oxidation sites excluding steroid dienone is 1. The van der Waals surface area contributed by atoms with Crippen molar-refractivity contribution in [2.24, 2.45) is 4.99 Å². The monoisotopic (exact) mass is 640 g/mol. The van der Waals surface area contributed by atoms with Crippen molar-refractivity contribution in [3.63, 3.8) is 0 Å². The standard InChI is InChI=1S/C28H21IN2O6S/c1-3-34-27(33)24-15(2)30-28-31(25(24)17-6-10-21-22(12-17)36-14-35-21)26(32)23(38-28)13-19-9-11-20(37-19)16-4-7-18(29)8-5-16/h4-13,25H,3,14H2,1-2H3/b23-13-/t25-/m1/s1. The molecule has 8 nitrogen and oxygen atoms in total. The first-order valence-electron chi connectivity index (χ1n) is 11.9. The quantitative estimate of drug-likeness (QED) is 0.238. The largest absolute Gasteiger partial charge is 0.463 e. The Kier molecular flexibility index (Phi) is 6.44. The van der Waals surface area contributed by atoms with Gasteiger partial charge in [0, 0.05) is 15.2 Å². The normalized spacial score (nSPS) is 16.4. The van der Waals surface area contributed by atoms with Crippen LogP contribution in [0.5, 0.6) is 11.5 Å². The minimum atomic E-state index is -0.735. The minimum absolute atomic E-state index is 0.120. The van der Waals surface area contributed by atoms with Gasteiger partial charge >= 0.3 is 5.97 Å². The Balaban J connectivity index is 1.47. The molecule has 0 unspecified atom stereocenters. The topological polar surface area (TPSA) is 92.3 Å². The molecule has 2 aromatic heterocycles. The SMILES string of the molecule is CCOC(=O)C1=C(C)N=c2s/c(=C\c3ccc(-c4ccc(I)cc4)o3)c(=O)n2[C@@H]1c1ccc2c(c1)OCO2. The van der Waals surface area contributed by atoms with E-state index in [0.717, 1.165) is 9.13 Å². The van der Waals surface area contributed by atoms with Gasteiger partial charge in [0.1, 0.15) is 11.5 Å². The maximum atomic E-state index is 13.8. The summed E-state index contributed by atoms with van der Waals surface area (Å²) in [7, 11) is 0. The van der Waals surface area contributed by atoms with E-state index in [1.807, 2.05) is 42.5 Å². The fourth-order valence-electron chi connectivity index (χ4n) is 4.52. The van der Waals surface area contributed by atoms with Gasteiger partial charge in [0.15, 0.2) is 16.3 Å². The highest BCUT2D eigenvalue weighted by molar-refractivity contribution is 14.1. The molecule has 4 heterocycles. The number of esters is 1. The molecule has 10 heteroatoms. The van der Waals surface area contributed by atoms with Crippen LogP contribution in [0.1, 0.15) is 31.2 Å². The van der Waals surface area contributed by atoms with E-state index in [9.17, 15) is 9.59 Å². The summed E-state index contributed by atoms with van der Waals surface area (Å²) >= 11 is 3.50. The van der Waals surface area contributed by atoms with Crippen molar-refractivity contribution in [3.05, 3.63) is 100 Å². The lowest BCUT2D eigenvalue weighted by molar-refractivity contribution is -0.139. The van der Waals surface area contributed by atoms with Crippen LogP contribution in [0.15, 0.2) is 80.1 Å². The van der Waals surface area contributed by atoms with E-state index in [1.165, 1.54) is 15.9 Å². The lowest BCUT2D eigenvalue weighted by Crippen LogP contribution is -2.39. The summed E-state index contributed by atoms with van der Waals surface area (Å²) in [6, 6.07) is 16.4. The first-order chi connectivity index (χ1) is 18.4.